The first-order chi connectivity index (χ1) is 12.9. The van der Waals surface area contributed by atoms with Crippen molar-refractivity contribution in [2.45, 2.75) is 6.54 Å². The Bertz CT molecular complexity index is 850. The van der Waals surface area contributed by atoms with Gasteiger partial charge in [-0.2, -0.15) is 0 Å². The van der Waals surface area contributed by atoms with E-state index in [4.69, 9.17) is 11.6 Å². The van der Waals surface area contributed by atoms with E-state index in [1.807, 2.05) is 0 Å². The van der Waals surface area contributed by atoms with Crippen LogP contribution in [0.15, 0.2) is 29.6 Å². The molecule has 142 valence electrons. The summed E-state index contributed by atoms with van der Waals surface area (Å²) in [6.07, 6.45) is 0. The summed E-state index contributed by atoms with van der Waals surface area (Å²) in [5, 5.41) is 5.11. The third kappa shape index (κ3) is 4.81. The number of hydrogen-bond acceptors (Lipinski definition) is 5. The molecule has 1 aliphatic heterocycles. The van der Waals surface area contributed by atoms with Gasteiger partial charge in [-0.1, -0.05) is 11.6 Å². The van der Waals surface area contributed by atoms with Crippen LogP contribution < -0.4 is 5.32 Å². The van der Waals surface area contributed by atoms with Crippen LogP contribution in [0.4, 0.5) is 4.39 Å². The van der Waals surface area contributed by atoms with Gasteiger partial charge >= 0.3 is 11.8 Å². The summed E-state index contributed by atoms with van der Waals surface area (Å²) >= 11 is 7.00. The van der Waals surface area contributed by atoms with Gasteiger partial charge in [-0.25, -0.2) is 9.37 Å². The molecule has 0 spiro atoms. The van der Waals surface area contributed by atoms with Crippen LogP contribution in [-0.2, 0) is 16.1 Å². The summed E-state index contributed by atoms with van der Waals surface area (Å²) in [7, 11) is 0. The Balaban J connectivity index is 1.49. The minimum Gasteiger partial charge on any atom is -0.341 e. The highest BCUT2D eigenvalue weighted by atomic mass is 35.5. The van der Waals surface area contributed by atoms with Crippen molar-refractivity contribution in [3.63, 3.8) is 0 Å². The Labute approximate surface area is 163 Å². The first-order valence-electron chi connectivity index (χ1n) is 8.16. The minimum atomic E-state index is -0.723. The first kappa shape index (κ1) is 19.2. The van der Waals surface area contributed by atoms with Crippen LogP contribution in [0.25, 0.3) is 0 Å². The molecule has 0 unspecified atom stereocenters. The van der Waals surface area contributed by atoms with Crippen molar-refractivity contribution in [2.75, 3.05) is 26.2 Å². The third-order valence-corrected chi connectivity index (χ3v) is 5.24. The summed E-state index contributed by atoms with van der Waals surface area (Å²) in [4.78, 5) is 43.6. The number of rotatable bonds is 3. The molecular weight excluding hydrogens is 395 g/mol. The molecule has 3 amide bonds. The van der Waals surface area contributed by atoms with E-state index in [2.05, 4.69) is 10.3 Å². The number of carbonyl (C=O) groups excluding carboxylic acids is 3. The number of aromatic nitrogens is 1. The van der Waals surface area contributed by atoms with E-state index in [1.165, 1.54) is 40.5 Å². The van der Waals surface area contributed by atoms with Crippen LogP contribution in [-0.4, -0.2) is 58.7 Å². The molecule has 2 aromatic rings. The van der Waals surface area contributed by atoms with Crippen LogP contribution in [0, 0.1) is 5.82 Å². The highest BCUT2D eigenvalue weighted by Crippen LogP contribution is 2.14. The van der Waals surface area contributed by atoms with Gasteiger partial charge in [-0.05, 0) is 24.3 Å². The van der Waals surface area contributed by atoms with Crippen LogP contribution in [0.2, 0.25) is 5.15 Å². The molecule has 0 aliphatic carbocycles. The zero-order valence-corrected chi connectivity index (χ0v) is 15.7. The van der Waals surface area contributed by atoms with Gasteiger partial charge < -0.3 is 15.1 Å². The maximum absolute atomic E-state index is 13.0. The van der Waals surface area contributed by atoms with E-state index in [0.717, 1.165) is 0 Å². The SMILES string of the molecule is O=C(NCc1nc(Cl)cs1)C(=O)N1CCN(C(=O)c2ccc(F)cc2)CC1. The Morgan fingerprint density at radius 2 is 1.74 bits per heavy atom. The van der Waals surface area contributed by atoms with Crippen molar-refractivity contribution < 1.29 is 18.8 Å². The van der Waals surface area contributed by atoms with Crippen LogP contribution >= 0.6 is 22.9 Å². The first-order valence-corrected chi connectivity index (χ1v) is 9.41. The lowest BCUT2D eigenvalue weighted by Gasteiger charge is -2.34. The van der Waals surface area contributed by atoms with Crippen molar-refractivity contribution in [1.29, 1.82) is 0 Å². The molecule has 1 fully saturated rings. The second-order valence-corrected chi connectivity index (χ2v) is 7.17. The number of benzene rings is 1. The maximum Gasteiger partial charge on any atom is 0.312 e. The molecule has 2 heterocycles. The van der Waals surface area contributed by atoms with Gasteiger partial charge in [0.15, 0.2) is 0 Å². The van der Waals surface area contributed by atoms with E-state index in [1.54, 1.807) is 10.3 Å². The zero-order chi connectivity index (χ0) is 19.4. The van der Waals surface area contributed by atoms with Gasteiger partial charge in [0.2, 0.25) is 0 Å². The lowest BCUT2D eigenvalue weighted by atomic mass is 10.1. The molecule has 0 radical (unpaired) electrons. The molecule has 1 aromatic carbocycles. The molecule has 0 atom stereocenters. The molecule has 3 rings (SSSR count). The van der Waals surface area contributed by atoms with Gasteiger partial charge in [0.1, 0.15) is 16.0 Å². The molecule has 1 saturated heterocycles. The molecule has 0 saturated carbocycles. The molecule has 0 bridgehead atoms. The van der Waals surface area contributed by atoms with E-state index in [0.29, 0.717) is 28.8 Å². The quantitative estimate of drug-likeness (QED) is 0.778. The molecule has 7 nitrogen and oxygen atoms in total. The Hall–Kier alpha value is -2.52. The van der Waals surface area contributed by atoms with E-state index < -0.39 is 17.6 Å². The highest BCUT2D eigenvalue weighted by molar-refractivity contribution is 7.10. The molecule has 1 aliphatic rings. The summed E-state index contributed by atoms with van der Waals surface area (Å²) in [6.45, 7) is 1.24. The number of amides is 3. The number of halogens is 2. The van der Waals surface area contributed by atoms with Crippen molar-refractivity contribution >= 4 is 40.7 Å². The van der Waals surface area contributed by atoms with Crippen molar-refractivity contribution in [3.05, 3.63) is 51.2 Å². The average molecular weight is 411 g/mol. The van der Waals surface area contributed by atoms with Gasteiger partial charge in [-0.15, -0.1) is 11.3 Å². The van der Waals surface area contributed by atoms with E-state index >= 15 is 0 Å². The summed E-state index contributed by atoms with van der Waals surface area (Å²) in [5.74, 6) is -2.01. The van der Waals surface area contributed by atoms with Crippen LogP contribution in [0.3, 0.4) is 0 Å². The van der Waals surface area contributed by atoms with Gasteiger partial charge in [0.25, 0.3) is 5.91 Å². The second-order valence-electron chi connectivity index (χ2n) is 5.84. The topological polar surface area (TPSA) is 82.6 Å². The zero-order valence-electron chi connectivity index (χ0n) is 14.2. The predicted molar refractivity (Wildman–Crippen MR) is 97.9 cm³/mol. The number of hydrogen-bond donors (Lipinski definition) is 1. The van der Waals surface area contributed by atoms with E-state index in [-0.39, 0.29) is 25.5 Å². The lowest BCUT2D eigenvalue weighted by molar-refractivity contribution is -0.146. The van der Waals surface area contributed by atoms with Crippen LogP contribution in [0.1, 0.15) is 15.4 Å². The van der Waals surface area contributed by atoms with Crippen molar-refractivity contribution in [1.82, 2.24) is 20.1 Å². The number of nitrogens with one attached hydrogen (secondary N) is 1. The Kier molecular flexibility index (Phi) is 6.02. The maximum atomic E-state index is 13.0. The number of carbonyl (C=O) groups is 3. The van der Waals surface area contributed by atoms with Crippen molar-refractivity contribution in [3.8, 4) is 0 Å². The van der Waals surface area contributed by atoms with Gasteiger partial charge in [-0.3, -0.25) is 14.4 Å². The summed E-state index contributed by atoms with van der Waals surface area (Å²) in [5.41, 5.74) is 0.385. The molecule has 10 heteroatoms. The number of thiazole rings is 1. The van der Waals surface area contributed by atoms with Gasteiger partial charge in [0.05, 0.1) is 6.54 Å². The average Bonchev–Trinajstić information content (AvgIpc) is 3.11. The summed E-state index contributed by atoms with van der Waals surface area (Å²) < 4.78 is 13.0. The molecule has 27 heavy (non-hydrogen) atoms. The fourth-order valence-corrected chi connectivity index (χ4v) is 3.51. The largest absolute Gasteiger partial charge is 0.341 e. The van der Waals surface area contributed by atoms with E-state index in [9.17, 15) is 18.8 Å². The number of nitrogens with zero attached hydrogens (tertiary/aromatic N) is 3. The highest BCUT2D eigenvalue weighted by Gasteiger charge is 2.28. The standard InChI is InChI=1S/C17H16ClFN4O3S/c18-13-10-27-14(21-13)9-20-15(24)17(26)23-7-5-22(6-8-23)16(25)11-1-3-12(19)4-2-11/h1-4,10H,5-9H2,(H,20,24). The normalized spacial score (nSPS) is 14.1. The smallest absolute Gasteiger partial charge is 0.312 e. The second kappa shape index (κ2) is 8.45. The molecular formula is C17H16ClFN4O3S. The fraction of sp³-hybridized carbons (Fsp3) is 0.294. The van der Waals surface area contributed by atoms with Gasteiger partial charge in [0, 0.05) is 37.1 Å². The third-order valence-electron chi connectivity index (χ3n) is 4.06. The van der Waals surface area contributed by atoms with Crippen molar-refractivity contribution in [2.24, 2.45) is 0 Å². The predicted octanol–water partition coefficient (Wildman–Crippen LogP) is 1.54. The summed E-state index contributed by atoms with van der Waals surface area (Å²) in [6, 6.07) is 5.31. The molecule has 1 N–H and O–H groups in total. The molecule has 1 aromatic heterocycles. The minimum absolute atomic E-state index is 0.130. The van der Waals surface area contributed by atoms with Crippen LogP contribution in [0.5, 0.6) is 0 Å². The monoisotopic (exact) mass is 410 g/mol. The lowest BCUT2D eigenvalue weighted by Crippen LogP contribution is -2.53. The Morgan fingerprint density at radius 1 is 1.11 bits per heavy atom. The number of piperazine rings is 1. The fourth-order valence-electron chi connectivity index (χ4n) is 2.63. The Morgan fingerprint density at radius 3 is 2.33 bits per heavy atom.